The third kappa shape index (κ3) is 1.78. The van der Waals surface area contributed by atoms with Crippen LogP contribution in [0.15, 0.2) is 29.0 Å². The van der Waals surface area contributed by atoms with E-state index in [0.29, 0.717) is 6.04 Å². The summed E-state index contributed by atoms with van der Waals surface area (Å²) in [4.78, 5) is 6.91. The van der Waals surface area contributed by atoms with E-state index >= 15 is 0 Å². The van der Waals surface area contributed by atoms with Crippen LogP contribution in [0.5, 0.6) is 0 Å². The van der Waals surface area contributed by atoms with Crippen molar-refractivity contribution in [3.05, 3.63) is 24.6 Å². The van der Waals surface area contributed by atoms with Crippen LogP contribution in [0, 0.1) is 0 Å². The average molecular weight is 231 g/mol. The van der Waals surface area contributed by atoms with Gasteiger partial charge in [0, 0.05) is 25.3 Å². The highest BCUT2D eigenvalue weighted by Crippen LogP contribution is 2.27. The van der Waals surface area contributed by atoms with E-state index < -0.39 is 0 Å². The minimum absolute atomic E-state index is 0.549. The van der Waals surface area contributed by atoms with Crippen molar-refractivity contribution in [2.45, 2.75) is 19.4 Å². The fraction of sp³-hybridized carbons (Fsp3) is 0.462. The summed E-state index contributed by atoms with van der Waals surface area (Å²) < 4.78 is 5.43. The van der Waals surface area contributed by atoms with Crippen LogP contribution >= 0.6 is 0 Å². The first-order valence-electron chi connectivity index (χ1n) is 6.19. The number of nitrogens with zero attached hydrogens (tertiary/aromatic N) is 2. The third-order valence-electron chi connectivity index (χ3n) is 3.45. The van der Waals surface area contributed by atoms with Crippen LogP contribution in [-0.2, 0) is 0 Å². The second kappa shape index (κ2) is 4.37. The van der Waals surface area contributed by atoms with Crippen LogP contribution in [-0.4, -0.2) is 30.7 Å². The second-order valence-corrected chi connectivity index (χ2v) is 4.40. The van der Waals surface area contributed by atoms with Crippen molar-refractivity contribution >= 4 is 16.8 Å². The number of furan rings is 1. The van der Waals surface area contributed by atoms with Crippen molar-refractivity contribution in [1.82, 2.24) is 10.3 Å². The van der Waals surface area contributed by atoms with Gasteiger partial charge in [-0.05, 0) is 32.0 Å². The SMILES string of the molecule is CCN(c1nccc2occc12)C1CCNC1. The summed E-state index contributed by atoms with van der Waals surface area (Å²) in [5, 5.41) is 4.52. The molecule has 2 aromatic heterocycles. The van der Waals surface area contributed by atoms with E-state index in [-0.39, 0.29) is 0 Å². The zero-order chi connectivity index (χ0) is 11.7. The summed E-state index contributed by atoms with van der Waals surface area (Å²) in [6.07, 6.45) is 4.74. The summed E-state index contributed by atoms with van der Waals surface area (Å²) in [5.41, 5.74) is 0.916. The molecule has 0 aromatic carbocycles. The quantitative estimate of drug-likeness (QED) is 0.877. The molecule has 0 amide bonds. The molecular formula is C13H17N3O. The first kappa shape index (κ1) is 10.6. The van der Waals surface area contributed by atoms with Gasteiger partial charge in [0.2, 0.25) is 0 Å². The highest BCUT2D eigenvalue weighted by Gasteiger charge is 2.23. The number of hydrogen-bond acceptors (Lipinski definition) is 4. The molecule has 0 bridgehead atoms. The number of nitrogens with one attached hydrogen (secondary N) is 1. The third-order valence-corrected chi connectivity index (χ3v) is 3.45. The zero-order valence-electron chi connectivity index (χ0n) is 10.0. The van der Waals surface area contributed by atoms with Crippen LogP contribution < -0.4 is 10.2 Å². The molecule has 3 heterocycles. The number of hydrogen-bond donors (Lipinski definition) is 1. The highest BCUT2D eigenvalue weighted by molar-refractivity contribution is 5.88. The first-order valence-corrected chi connectivity index (χ1v) is 6.19. The van der Waals surface area contributed by atoms with Gasteiger partial charge in [-0.25, -0.2) is 4.98 Å². The van der Waals surface area contributed by atoms with Crippen LogP contribution in [0.25, 0.3) is 11.0 Å². The van der Waals surface area contributed by atoms with Gasteiger partial charge in [0.25, 0.3) is 0 Å². The minimum atomic E-state index is 0.549. The van der Waals surface area contributed by atoms with Gasteiger partial charge in [0.05, 0.1) is 11.6 Å². The van der Waals surface area contributed by atoms with Crippen molar-refractivity contribution in [3.63, 3.8) is 0 Å². The molecule has 1 atom stereocenters. The Hall–Kier alpha value is -1.55. The molecule has 0 radical (unpaired) electrons. The van der Waals surface area contributed by atoms with Gasteiger partial charge in [0.15, 0.2) is 0 Å². The van der Waals surface area contributed by atoms with Crippen molar-refractivity contribution in [2.75, 3.05) is 24.5 Å². The van der Waals surface area contributed by atoms with E-state index in [1.165, 1.54) is 6.42 Å². The number of fused-ring (bicyclic) bond motifs is 1. The summed E-state index contributed by atoms with van der Waals surface area (Å²) in [5.74, 6) is 1.05. The minimum Gasteiger partial charge on any atom is -0.464 e. The lowest BCUT2D eigenvalue weighted by Gasteiger charge is -2.28. The van der Waals surface area contributed by atoms with Gasteiger partial charge < -0.3 is 14.6 Å². The summed E-state index contributed by atoms with van der Waals surface area (Å²) in [6.45, 7) is 5.30. The molecule has 1 aliphatic heterocycles. The van der Waals surface area contributed by atoms with E-state index in [0.717, 1.165) is 36.4 Å². The molecule has 1 fully saturated rings. The first-order chi connectivity index (χ1) is 8.40. The summed E-state index contributed by atoms with van der Waals surface area (Å²) in [6, 6.07) is 4.47. The standard InChI is InChI=1S/C13H17N3O/c1-2-16(10-3-6-14-9-10)13-11-5-8-17-12(11)4-7-15-13/h4-5,7-8,10,14H,2-3,6,9H2,1H3. The molecule has 1 unspecified atom stereocenters. The lowest BCUT2D eigenvalue weighted by molar-refractivity contribution is 0.614. The Morgan fingerprint density at radius 3 is 3.24 bits per heavy atom. The number of aromatic nitrogens is 1. The van der Waals surface area contributed by atoms with Crippen LogP contribution in [0.3, 0.4) is 0 Å². The van der Waals surface area contributed by atoms with Gasteiger partial charge >= 0.3 is 0 Å². The van der Waals surface area contributed by atoms with Gasteiger partial charge in [-0.1, -0.05) is 0 Å². The van der Waals surface area contributed by atoms with Crippen LogP contribution in [0.2, 0.25) is 0 Å². The Labute approximate surface area is 101 Å². The van der Waals surface area contributed by atoms with Crippen molar-refractivity contribution in [2.24, 2.45) is 0 Å². The topological polar surface area (TPSA) is 41.3 Å². The van der Waals surface area contributed by atoms with Gasteiger partial charge in [-0.15, -0.1) is 0 Å². The van der Waals surface area contributed by atoms with Gasteiger partial charge in [-0.3, -0.25) is 0 Å². The molecule has 1 N–H and O–H groups in total. The summed E-state index contributed by atoms with van der Waals surface area (Å²) in [7, 11) is 0. The molecule has 1 saturated heterocycles. The molecule has 0 saturated carbocycles. The fourth-order valence-electron chi connectivity index (χ4n) is 2.60. The molecule has 3 rings (SSSR count). The highest BCUT2D eigenvalue weighted by atomic mass is 16.3. The molecule has 0 spiro atoms. The predicted octanol–water partition coefficient (Wildman–Crippen LogP) is 2.02. The van der Waals surface area contributed by atoms with Crippen molar-refractivity contribution in [3.8, 4) is 0 Å². The number of rotatable bonds is 3. The fourth-order valence-corrected chi connectivity index (χ4v) is 2.60. The van der Waals surface area contributed by atoms with Crippen molar-refractivity contribution < 1.29 is 4.42 Å². The molecule has 4 nitrogen and oxygen atoms in total. The maximum absolute atomic E-state index is 5.43. The Morgan fingerprint density at radius 2 is 2.47 bits per heavy atom. The molecule has 0 aliphatic carbocycles. The smallest absolute Gasteiger partial charge is 0.139 e. The molecule has 90 valence electrons. The van der Waals surface area contributed by atoms with E-state index in [1.54, 1.807) is 6.26 Å². The Morgan fingerprint density at radius 1 is 1.53 bits per heavy atom. The van der Waals surface area contributed by atoms with Gasteiger partial charge in [-0.2, -0.15) is 0 Å². The van der Waals surface area contributed by atoms with Gasteiger partial charge in [0.1, 0.15) is 11.4 Å². The van der Waals surface area contributed by atoms with E-state index in [1.807, 2.05) is 18.3 Å². The monoisotopic (exact) mass is 231 g/mol. The molecule has 4 heteroatoms. The average Bonchev–Trinajstić information content (AvgIpc) is 3.00. The lowest BCUT2D eigenvalue weighted by Crippen LogP contribution is -2.37. The zero-order valence-corrected chi connectivity index (χ0v) is 10.0. The van der Waals surface area contributed by atoms with Crippen molar-refractivity contribution in [1.29, 1.82) is 0 Å². The van der Waals surface area contributed by atoms with E-state index in [4.69, 9.17) is 4.42 Å². The van der Waals surface area contributed by atoms with Crippen LogP contribution in [0.4, 0.5) is 5.82 Å². The maximum atomic E-state index is 5.43. The normalized spacial score (nSPS) is 19.9. The van der Waals surface area contributed by atoms with E-state index in [9.17, 15) is 0 Å². The Bertz CT molecular complexity index is 502. The maximum Gasteiger partial charge on any atom is 0.139 e. The number of pyridine rings is 1. The summed E-state index contributed by atoms with van der Waals surface area (Å²) >= 11 is 0. The Kier molecular flexibility index (Phi) is 2.73. The second-order valence-electron chi connectivity index (χ2n) is 4.40. The molecular weight excluding hydrogens is 214 g/mol. The van der Waals surface area contributed by atoms with E-state index in [2.05, 4.69) is 22.1 Å². The molecule has 17 heavy (non-hydrogen) atoms. The lowest BCUT2D eigenvalue weighted by atomic mass is 10.2. The molecule has 2 aromatic rings. The largest absolute Gasteiger partial charge is 0.464 e. The number of anilines is 1. The van der Waals surface area contributed by atoms with Crippen LogP contribution in [0.1, 0.15) is 13.3 Å². The predicted molar refractivity (Wildman–Crippen MR) is 68.3 cm³/mol. The molecule has 1 aliphatic rings. The number of likely N-dealkylation sites (N-methyl/N-ethyl adjacent to an activating group) is 1. The Balaban J connectivity index is 2.02.